The van der Waals surface area contributed by atoms with Gasteiger partial charge in [-0.05, 0) is 44.4 Å². The average Bonchev–Trinajstić information content (AvgIpc) is 3.43. The number of rotatable bonds is 9. The van der Waals surface area contributed by atoms with Crippen molar-refractivity contribution >= 4 is 23.3 Å². The summed E-state index contributed by atoms with van der Waals surface area (Å²) < 4.78 is 0. The number of amidine groups is 1. The highest BCUT2D eigenvalue weighted by Gasteiger charge is 2.37. The van der Waals surface area contributed by atoms with Crippen molar-refractivity contribution in [3.05, 3.63) is 0 Å². The molecular formula is C21H34ClN5O2. The van der Waals surface area contributed by atoms with Crippen LogP contribution in [0.25, 0.3) is 0 Å². The Morgan fingerprint density at radius 2 is 2.24 bits per heavy atom. The SMILES string of the molecule is CCCCC1=NC(Cl)C(CO)N1CC1CCC(NCC(=O)N2CCC[C@H]2C#N)C1. The topological polar surface area (TPSA) is 92.0 Å². The Kier molecular flexibility index (Phi) is 8.16. The van der Waals surface area contributed by atoms with Crippen LogP contribution in [0.15, 0.2) is 4.99 Å². The third-order valence-electron chi connectivity index (χ3n) is 6.52. The monoisotopic (exact) mass is 423 g/mol. The maximum Gasteiger partial charge on any atom is 0.237 e. The molecule has 3 aliphatic rings. The number of aliphatic imine (C=N–C) groups is 1. The van der Waals surface area contributed by atoms with E-state index >= 15 is 0 Å². The van der Waals surface area contributed by atoms with Crippen LogP contribution in [0.4, 0.5) is 0 Å². The van der Waals surface area contributed by atoms with Gasteiger partial charge in [-0.2, -0.15) is 5.26 Å². The zero-order chi connectivity index (χ0) is 20.8. The Balaban J connectivity index is 1.47. The van der Waals surface area contributed by atoms with E-state index in [1.807, 2.05) is 0 Å². The molecule has 8 heteroatoms. The molecule has 0 spiro atoms. The van der Waals surface area contributed by atoms with Gasteiger partial charge >= 0.3 is 0 Å². The van der Waals surface area contributed by atoms with E-state index in [0.717, 1.165) is 63.7 Å². The van der Waals surface area contributed by atoms with Gasteiger partial charge in [0.2, 0.25) is 5.91 Å². The molecule has 1 saturated heterocycles. The van der Waals surface area contributed by atoms with E-state index in [1.54, 1.807) is 4.90 Å². The van der Waals surface area contributed by atoms with E-state index in [0.29, 0.717) is 25.0 Å². The van der Waals surface area contributed by atoms with Gasteiger partial charge in [-0.15, -0.1) is 0 Å². The van der Waals surface area contributed by atoms with Gasteiger partial charge < -0.3 is 20.2 Å². The fourth-order valence-electron chi connectivity index (χ4n) is 4.85. The predicted octanol–water partition coefficient (Wildman–Crippen LogP) is 2.09. The van der Waals surface area contributed by atoms with Crippen LogP contribution in [0.3, 0.4) is 0 Å². The number of aliphatic hydroxyl groups is 1. The Morgan fingerprint density at radius 1 is 1.41 bits per heavy atom. The number of likely N-dealkylation sites (tertiary alicyclic amines) is 1. The van der Waals surface area contributed by atoms with Gasteiger partial charge in [-0.1, -0.05) is 24.9 Å². The maximum atomic E-state index is 12.4. The molecule has 1 amide bonds. The van der Waals surface area contributed by atoms with Crippen LogP contribution in [-0.4, -0.2) is 76.5 Å². The number of halogens is 1. The number of carbonyl (C=O) groups excluding carboxylic acids is 1. The fraction of sp³-hybridized carbons (Fsp3) is 0.857. The zero-order valence-corrected chi connectivity index (χ0v) is 18.2. The van der Waals surface area contributed by atoms with Gasteiger partial charge in [0.1, 0.15) is 17.4 Å². The number of nitriles is 1. The number of nitrogens with one attached hydrogen (secondary N) is 1. The lowest BCUT2D eigenvalue weighted by atomic mass is 10.1. The molecule has 29 heavy (non-hydrogen) atoms. The van der Waals surface area contributed by atoms with E-state index in [9.17, 15) is 9.90 Å². The first-order chi connectivity index (χ1) is 14.1. The Bertz CT molecular complexity index is 637. The molecule has 1 aliphatic carbocycles. The number of nitrogens with zero attached hydrogens (tertiary/aromatic N) is 4. The van der Waals surface area contributed by atoms with E-state index in [1.165, 1.54) is 0 Å². The van der Waals surface area contributed by atoms with Crippen LogP contribution in [-0.2, 0) is 4.79 Å². The van der Waals surface area contributed by atoms with Gasteiger partial charge in [-0.25, -0.2) is 0 Å². The van der Waals surface area contributed by atoms with Crippen molar-refractivity contribution in [2.45, 2.75) is 81.9 Å². The van der Waals surface area contributed by atoms with Crippen LogP contribution in [0, 0.1) is 17.2 Å². The lowest BCUT2D eigenvalue weighted by molar-refractivity contribution is -0.130. The molecular weight excluding hydrogens is 390 g/mol. The van der Waals surface area contributed by atoms with Crippen molar-refractivity contribution in [3.63, 3.8) is 0 Å². The lowest BCUT2D eigenvalue weighted by Crippen LogP contribution is -2.44. The summed E-state index contributed by atoms with van der Waals surface area (Å²) in [5.41, 5.74) is -0.367. The summed E-state index contributed by atoms with van der Waals surface area (Å²) >= 11 is 6.36. The number of hydrogen-bond donors (Lipinski definition) is 2. The molecule has 7 nitrogen and oxygen atoms in total. The van der Waals surface area contributed by atoms with E-state index in [2.05, 4.69) is 28.2 Å². The molecule has 2 aliphatic heterocycles. The van der Waals surface area contributed by atoms with Gasteiger partial charge in [0.25, 0.3) is 0 Å². The molecule has 4 unspecified atom stereocenters. The molecule has 0 aromatic rings. The fourth-order valence-corrected chi connectivity index (χ4v) is 5.18. The van der Waals surface area contributed by atoms with Crippen LogP contribution >= 0.6 is 11.6 Å². The van der Waals surface area contributed by atoms with Gasteiger partial charge in [0.15, 0.2) is 0 Å². The highest BCUT2D eigenvalue weighted by molar-refractivity contribution is 6.22. The Labute approximate surface area is 179 Å². The standard InChI is InChI=1S/C21H34ClN5O2/c1-2-3-6-19-25-21(22)18(14-28)27(19)13-15-7-8-16(10-15)24-12-20(29)26-9-4-5-17(26)11-23/h15-18,21,24,28H,2-10,12-14H2,1H3/t15?,16?,17-,18?,21?/m0/s1. The summed E-state index contributed by atoms with van der Waals surface area (Å²) in [5.74, 6) is 1.58. The normalized spacial score (nSPS) is 31.9. The quantitative estimate of drug-likeness (QED) is 0.437. The molecule has 2 fully saturated rings. The molecule has 162 valence electrons. The largest absolute Gasteiger partial charge is 0.394 e. The lowest BCUT2D eigenvalue weighted by Gasteiger charge is -2.30. The van der Waals surface area contributed by atoms with Crippen molar-refractivity contribution < 1.29 is 9.90 Å². The predicted molar refractivity (Wildman–Crippen MR) is 114 cm³/mol. The Hall–Kier alpha value is -1.36. The molecule has 2 heterocycles. The van der Waals surface area contributed by atoms with Crippen molar-refractivity contribution in [1.29, 1.82) is 5.26 Å². The number of unbranched alkanes of at least 4 members (excludes halogenated alkanes) is 1. The van der Waals surface area contributed by atoms with Crippen LogP contribution < -0.4 is 5.32 Å². The molecule has 2 N–H and O–H groups in total. The zero-order valence-electron chi connectivity index (χ0n) is 17.4. The minimum absolute atomic E-state index is 0.0199. The number of alkyl halides is 1. The van der Waals surface area contributed by atoms with Crippen LogP contribution in [0.2, 0.25) is 0 Å². The second-order valence-electron chi connectivity index (χ2n) is 8.55. The van der Waals surface area contributed by atoms with Crippen molar-refractivity contribution in [1.82, 2.24) is 15.1 Å². The first kappa shape index (κ1) is 22.3. The molecule has 3 rings (SSSR count). The average molecular weight is 424 g/mol. The highest BCUT2D eigenvalue weighted by atomic mass is 35.5. The minimum atomic E-state index is -0.367. The summed E-state index contributed by atoms with van der Waals surface area (Å²) in [4.78, 5) is 21.0. The summed E-state index contributed by atoms with van der Waals surface area (Å²) in [6.45, 7) is 4.06. The number of aliphatic hydroxyl groups excluding tert-OH is 1. The van der Waals surface area contributed by atoms with Crippen molar-refractivity contribution in [2.75, 3.05) is 26.2 Å². The summed E-state index contributed by atoms with van der Waals surface area (Å²) in [6, 6.07) is 2.17. The second-order valence-corrected chi connectivity index (χ2v) is 9.00. The van der Waals surface area contributed by atoms with E-state index in [4.69, 9.17) is 16.9 Å². The molecule has 5 atom stereocenters. The molecule has 0 radical (unpaired) electrons. The Morgan fingerprint density at radius 3 is 2.97 bits per heavy atom. The minimum Gasteiger partial charge on any atom is -0.394 e. The molecule has 0 aromatic heterocycles. The third kappa shape index (κ3) is 5.42. The van der Waals surface area contributed by atoms with Crippen molar-refractivity contribution in [2.24, 2.45) is 10.9 Å². The number of hydrogen-bond acceptors (Lipinski definition) is 6. The summed E-state index contributed by atoms with van der Waals surface area (Å²) in [5, 5.41) is 22.4. The summed E-state index contributed by atoms with van der Waals surface area (Å²) in [7, 11) is 0. The first-order valence-corrected chi connectivity index (χ1v) is 11.5. The van der Waals surface area contributed by atoms with Gasteiger partial charge in [0.05, 0.1) is 25.3 Å². The summed E-state index contributed by atoms with van der Waals surface area (Å²) in [6.07, 6.45) is 7.96. The van der Waals surface area contributed by atoms with Crippen LogP contribution in [0.1, 0.15) is 58.3 Å². The third-order valence-corrected chi connectivity index (χ3v) is 6.91. The van der Waals surface area contributed by atoms with E-state index < -0.39 is 0 Å². The van der Waals surface area contributed by atoms with E-state index in [-0.39, 0.29) is 30.1 Å². The molecule has 0 aromatic carbocycles. The number of amides is 1. The van der Waals surface area contributed by atoms with Crippen LogP contribution in [0.5, 0.6) is 0 Å². The molecule has 0 bridgehead atoms. The van der Waals surface area contributed by atoms with Crippen molar-refractivity contribution in [3.8, 4) is 6.07 Å². The van der Waals surface area contributed by atoms with Gasteiger partial charge in [0, 0.05) is 25.6 Å². The second kappa shape index (κ2) is 10.6. The maximum absolute atomic E-state index is 12.4. The smallest absolute Gasteiger partial charge is 0.237 e. The molecule has 1 saturated carbocycles. The van der Waals surface area contributed by atoms with Gasteiger partial charge in [-0.3, -0.25) is 9.79 Å². The first-order valence-electron chi connectivity index (χ1n) is 11.1. The number of carbonyl (C=O) groups is 1. The highest BCUT2D eigenvalue weighted by Crippen LogP contribution is 2.31.